The number of nitrogens with one attached hydrogen (secondary N) is 1. The van der Waals surface area contributed by atoms with Gasteiger partial charge in [0.05, 0.1) is 18.8 Å². The fourth-order valence-electron chi connectivity index (χ4n) is 2.00. The van der Waals surface area contributed by atoms with Crippen LogP contribution in [0.3, 0.4) is 0 Å². The Bertz CT molecular complexity index is 582. The van der Waals surface area contributed by atoms with E-state index in [2.05, 4.69) is 20.5 Å². The van der Waals surface area contributed by atoms with Crippen LogP contribution in [0.1, 0.15) is 29.6 Å². The molecule has 0 atom stereocenters. The molecule has 3 N–H and O–H groups in total. The van der Waals surface area contributed by atoms with Gasteiger partial charge in [-0.1, -0.05) is 0 Å². The first-order chi connectivity index (χ1) is 9.67. The second-order valence-corrected chi connectivity index (χ2v) is 4.49. The van der Waals surface area contributed by atoms with Gasteiger partial charge in [-0.05, 0) is 13.8 Å². The molecule has 2 aromatic heterocycles. The third kappa shape index (κ3) is 2.94. The Morgan fingerprint density at radius 2 is 2.15 bits per heavy atom. The number of aliphatic hydroxyl groups excluding tert-OH is 1. The highest BCUT2D eigenvalue weighted by molar-refractivity contribution is 5.40. The summed E-state index contributed by atoms with van der Waals surface area (Å²) in [6.45, 7) is 5.39. The number of aliphatic hydroxyl groups is 1. The van der Waals surface area contributed by atoms with E-state index < -0.39 is 0 Å². The largest absolute Gasteiger partial charge is 0.506 e. The van der Waals surface area contributed by atoms with Crippen molar-refractivity contribution in [2.45, 2.75) is 40.1 Å². The van der Waals surface area contributed by atoms with Crippen molar-refractivity contribution in [2.75, 3.05) is 0 Å². The Kier molecular flexibility index (Phi) is 4.65. The lowest BCUT2D eigenvalue weighted by Crippen LogP contribution is -2.18. The predicted molar refractivity (Wildman–Crippen MR) is 72.8 cm³/mol. The number of hydrogen-bond acceptors (Lipinski definition) is 6. The summed E-state index contributed by atoms with van der Waals surface area (Å²) in [5.74, 6) is 0.962. The van der Waals surface area contributed by atoms with Crippen LogP contribution in [0.2, 0.25) is 0 Å². The van der Waals surface area contributed by atoms with E-state index in [0.717, 1.165) is 12.4 Å². The minimum Gasteiger partial charge on any atom is -0.506 e. The zero-order valence-electron chi connectivity index (χ0n) is 11.7. The summed E-state index contributed by atoms with van der Waals surface area (Å²) in [4.78, 5) is 4.03. The molecule has 0 spiro atoms. The fraction of sp³-hybridized carbons (Fsp3) is 0.462. The number of rotatable bonds is 6. The minimum absolute atomic E-state index is 0.126. The molecule has 0 bridgehead atoms. The van der Waals surface area contributed by atoms with Crippen LogP contribution in [0, 0.1) is 6.92 Å². The first-order valence-corrected chi connectivity index (χ1v) is 6.52. The topological polar surface area (TPSA) is 96.1 Å². The quantitative estimate of drug-likeness (QED) is 0.711. The van der Waals surface area contributed by atoms with Crippen LogP contribution in [0.5, 0.6) is 5.75 Å². The molecule has 0 aromatic carbocycles. The number of hydrogen-bond donors (Lipinski definition) is 3. The predicted octanol–water partition coefficient (Wildman–Crippen LogP) is 0.489. The van der Waals surface area contributed by atoms with Gasteiger partial charge in [-0.15, -0.1) is 10.2 Å². The zero-order valence-corrected chi connectivity index (χ0v) is 11.7. The van der Waals surface area contributed by atoms with Gasteiger partial charge in [-0.2, -0.15) is 0 Å². The first kappa shape index (κ1) is 14.4. The maximum absolute atomic E-state index is 10.0. The number of pyridine rings is 1. The summed E-state index contributed by atoms with van der Waals surface area (Å²) in [5.41, 5.74) is 1.84. The van der Waals surface area contributed by atoms with Crippen LogP contribution in [-0.2, 0) is 26.2 Å². The third-order valence-electron chi connectivity index (χ3n) is 3.22. The van der Waals surface area contributed by atoms with Gasteiger partial charge in [0, 0.05) is 30.4 Å². The Labute approximate surface area is 117 Å². The lowest BCUT2D eigenvalue weighted by molar-refractivity contribution is 0.278. The molecule has 2 aromatic rings. The van der Waals surface area contributed by atoms with E-state index in [0.29, 0.717) is 29.9 Å². The van der Waals surface area contributed by atoms with Gasteiger partial charge in [-0.25, -0.2) is 0 Å². The molecular formula is C13H19N5O2. The smallest absolute Gasteiger partial charge is 0.146 e. The van der Waals surface area contributed by atoms with E-state index in [1.807, 2.05) is 11.5 Å². The monoisotopic (exact) mass is 277 g/mol. The number of aromatic nitrogens is 4. The van der Waals surface area contributed by atoms with Crippen molar-refractivity contribution >= 4 is 0 Å². The number of aryl methyl sites for hydroxylation is 2. The second kappa shape index (κ2) is 6.44. The van der Waals surface area contributed by atoms with Crippen LogP contribution < -0.4 is 5.32 Å². The third-order valence-corrected chi connectivity index (χ3v) is 3.22. The SMILES string of the molecule is CCn1cnnc1CNCc1c(CO)cnc(C)c1O. The highest BCUT2D eigenvalue weighted by Crippen LogP contribution is 2.23. The Morgan fingerprint density at radius 1 is 1.35 bits per heavy atom. The Balaban J connectivity index is 2.06. The van der Waals surface area contributed by atoms with Gasteiger partial charge in [0.15, 0.2) is 0 Å². The van der Waals surface area contributed by atoms with Crippen molar-refractivity contribution in [3.05, 3.63) is 35.2 Å². The molecule has 2 heterocycles. The van der Waals surface area contributed by atoms with Gasteiger partial charge in [0.2, 0.25) is 0 Å². The average molecular weight is 277 g/mol. The molecule has 0 aliphatic rings. The Hall–Kier alpha value is -1.99. The maximum atomic E-state index is 10.0. The molecule has 0 aliphatic heterocycles. The van der Waals surface area contributed by atoms with Gasteiger partial charge in [0.1, 0.15) is 17.9 Å². The second-order valence-electron chi connectivity index (χ2n) is 4.49. The van der Waals surface area contributed by atoms with E-state index in [9.17, 15) is 10.2 Å². The summed E-state index contributed by atoms with van der Waals surface area (Å²) in [7, 11) is 0. The molecule has 0 saturated carbocycles. The van der Waals surface area contributed by atoms with Crippen LogP contribution >= 0.6 is 0 Å². The standard InChI is InChI=1S/C13H19N5O2/c1-3-18-8-16-17-12(18)6-14-5-11-10(7-19)4-15-9(2)13(11)20/h4,8,14,19-20H,3,5-7H2,1-2H3. The van der Waals surface area contributed by atoms with E-state index in [1.54, 1.807) is 19.4 Å². The Morgan fingerprint density at radius 3 is 2.85 bits per heavy atom. The van der Waals surface area contributed by atoms with Crippen LogP contribution in [-0.4, -0.2) is 30.0 Å². The summed E-state index contributed by atoms with van der Waals surface area (Å²) in [5, 5.41) is 30.4. The summed E-state index contributed by atoms with van der Waals surface area (Å²) >= 11 is 0. The van der Waals surface area contributed by atoms with E-state index in [4.69, 9.17) is 0 Å². The summed E-state index contributed by atoms with van der Waals surface area (Å²) < 4.78 is 1.94. The summed E-state index contributed by atoms with van der Waals surface area (Å²) in [6, 6.07) is 0. The lowest BCUT2D eigenvalue weighted by Gasteiger charge is -2.12. The highest BCUT2D eigenvalue weighted by atomic mass is 16.3. The average Bonchev–Trinajstić information content (AvgIpc) is 2.91. The maximum Gasteiger partial charge on any atom is 0.146 e. The molecule has 7 nitrogen and oxygen atoms in total. The molecule has 20 heavy (non-hydrogen) atoms. The molecule has 0 unspecified atom stereocenters. The van der Waals surface area contributed by atoms with Gasteiger partial charge < -0.3 is 20.1 Å². The normalized spacial score (nSPS) is 10.9. The highest BCUT2D eigenvalue weighted by Gasteiger charge is 2.11. The van der Waals surface area contributed by atoms with Crippen molar-refractivity contribution in [2.24, 2.45) is 0 Å². The zero-order chi connectivity index (χ0) is 14.5. The number of aromatic hydroxyl groups is 1. The minimum atomic E-state index is -0.150. The van der Waals surface area contributed by atoms with Crippen molar-refractivity contribution in [1.29, 1.82) is 0 Å². The molecule has 0 saturated heterocycles. The van der Waals surface area contributed by atoms with E-state index in [-0.39, 0.29) is 12.4 Å². The molecule has 2 rings (SSSR count). The van der Waals surface area contributed by atoms with E-state index in [1.165, 1.54) is 0 Å². The van der Waals surface area contributed by atoms with Crippen LogP contribution in [0.4, 0.5) is 0 Å². The molecule has 0 aliphatic carbocycles. The van der Waals surface area contributed by atoms with E-state index >= 15 is 0 Å². The fourth-order valence-corrected chi connectivity index (χ4v) is 2.00. The van der Waals surface area contributed by atoms with Gasteiger partial charge >= 0.3 is 0 Å². The van der Waals surface area contributed by atoms with Crippen LogP contribution in [0.15, 0.2) is 12.5 Å². The first-order valence-electron chi connectivity index (χ1n) is 6.52. The molecular weight excluding hydrogens is 258 g/mol. The van der Waals surface area contributed by atoms with Crippen molar-refractivity contribution in [1.82, 2.24) is 25.1 Å². The van der Waals surface area contributed by atoms with Crippen LogP contribution in [0.25, 0.3) is 0 Å². The van der Waals surface area contributed by atoms with Crippen molar-refractivity contribution in [3.8, 4) is 5.75 Å². The van der Waals surface area contributed by atoms with Gasteiger partial charge in [-0.3, -0.25) is 4.98 Å². The molecule has 0 radical (unpaired) electrons. The van der Waals surface area contributed by atoms with Gasteiger partial charge in [0.25, 0.3) is 0 Å². The molecule has 7 heteroatoms. The van der Waals surface area contributed by atoms with Crippen molar-refractivity contribution in [3.63, 3.8) is 0 Å². The number of nitrogens with zero attached hydrogens (tertiary/aromatic N) is 4. The summed E-state index contributed by atoms with van der Waals surface area (Å²) in [6.07, 6.45) is 3.27. The molecule has 0 amide bonds. The molecule has 0 fully saturated rings. The lowest BCUT2D eigenvalue weighted by atomic mass is 10.1. The molecule has 108 valence electrons. The van der Waals surface area contributed by atoms with Crippen molar-refractivity contribution < 1.29 is 10.2 Å².